The van der Waals surface area contributed by atoms with E-state index in [0.717, 1.165) is 43.5 Å². The van der Waals surface area contributed by atoms with Crippen LogP contribution in [0.15, 0.2) is 61.4 Å². The molecular formula is C30H34FN7O3. The summed E-state index contributed by atoms with van der Waals surface area (Å²) < 4.78 is 19.7. The van der Waals surface area contributed by atoms with Crippen molar-refractivity contribution in [3.63, 3.8) is 0 Å². The lowest BCUT2D eigenvalue weighted by molar-refractivity contribution is -0.111. The molecule has 0 radical (unpaired) electrons. The lowest BCUT2D eigenvalue weighted by atomic mass is 10.0. The zero-order chi connectivity index (χ0) is 28.3. The van der Waals surface area contributed by atoms with Gasteiger partial charge >= 0.3 is 0 Å². The molecule has 1 aromatic heterocycles. The second-order valence-electron chi connectivity index (χ2n) is 10.4. The topological polar surface area (TPSA) is 95.1 Å². The number of carbonyl (C=O) groups excluding carboxylic acids is 1. The average Bonchev–Trinajstić information content (AvgIpc) is 3.73. The predicted octanol–water partition coefficient (Wildman–Crippen LogP) is 4.66. The van der Waals surface area contributed by atoms with Crippen molar-refractivity contribution in [3.8, 4) is 5.75 Å². The minimum atomic E-state index is -0.294. The Morgan fingerprint density at radius 2 is 1.93 bits per heavy atom. The molecule has 1 unspecified atom stereocenters. The number of halogens is 1. The molecule has 2 N–H and O–H groups in total. The molecule has 6 rings (SSSR count). The van der Waals surface area contributed by atoms with Crippen LogP contribution in [0, 0.1) is 5.82 Å². The molecule has 10 nitrogen and oxygen atoms in total. The Morgan fingerprint density at radius 3 is 2.66 bits per heavy atom. The van der Waals surface area contributed by atoms with Gasteiger partial charge in [-0.25, -0.2) is 19.4 Å². The van der Waals surface area contributed by atoms with Crippen LogP contribution in [0.1, 0.15) is 30.9 Å². The van der Waals surface area contributed by atoms with Gasteiger partial charge in [0.15, 0.2) is 5.82 Å². The molecule has 3 fully saturated rings. The van der Waals surface area contributed by atoms with Gasteiger partial charge in [-0.1, -0.05) is 18.7 Å². The van der Waals surface area contributed by atoms with Gasteiger partial charge in [0.1, 0.15) is 23.7 Å². The van der Waals surface area contributed by atoms with Crippen molar-refractivity contribution in [1.29, 1.82) is 0 Å². The number of aromatic nitrogens is 2. The van der Waals surface area contributed by atoms with E-state index in [9.17, 15) is 9.18 Å². The summed E-state index contributed by atoms with van der Waals surface area (Å²) in [6, 6.07) is 12.6. The Morgan fingerprint density at radius 1 is 1.10 bits per heavy atom. The summed E-state index contributed by atoms with van der Waals surface area (Å²) in [5.74, 6) is 1.07. The molecular weight excluding hydrogens is 525 g/mol. The largest absolute Gasteiger partial charge is 0.494 e. The highest BCUT2D eigenvalue weighted by Crippen LogP contribution is 2.40. The Balaban J connectivity index is 1.26. The number of ether oxygens (including phenoxy) is 1. The van der Waals surface area contributed by atoms with Gasteiger partial charge in [-0.05, 0) is 42.7 Å². The maximum atomic E-state index is 13.9. The van der Waals surface area contributed by atoms with E-state index in [0.29, 0.717) is 41.8 Å². The minimum Gasteiger partial charge on any atom is -0.494 e. The number of hydroxylamine groups is 1. The summed E-state index contributed by atoms with van der Waals surface area (Å²) in [5, 5.41) is 7.98. The Labute approximate surface area is 238 Å². The second kappa shape index (κ2) is 11.7. The third kappa shape index (κ3) is 5.96. The highest BCUT2D eigenvalue weighted by atomic mass is 19.1. The van der Waals surface area contributed by atoms with Crippen LogP contribution < -0.4 is 25.3 Å². The molecule has 214 valence electrons. The first-order chi connectivity index (χ1) is 20.0. The average molecular weight is 560 g/mol. The number of rotatable bonds is 9. The first kappa shape index (κ1) is 27.0. The van der Waals surface area contributed by atoms with E-state index < -0.39 is 0 Å². The number of carbonyl (C=O) groups is 1. The molecule has 1 saturated carbocycles. The first-order valence-electron chi connectivity index (χ1n) is 13.9. The van der Waals surface area contributed by atoms with Gasteiger partial charge in [-0.3, -0.25) is 14.5 Å². The van der Waals surface area contributed by atoms with Crippen molar-refractivity contribution in [2.75, 3.05) is 60.5 Å². The third-order valence-corrected chi connectivity index (χ3v) is 7.76. The van der Waals surface area contributed by atoms with Crippen LogP contribution in [0.5, 0.6) is 5.75 Å². The number of nitrogens with one attached hydrogen (secondary N) is 2. The normalized spacial score (nSPS) is 19.2. The van der Waals surface area contributed by atoms with Crippen LogP contribution in [0.4, 0.5) is 33.1 Å². The van der Waals surface area contributed by atoms with Crippen LogP contribution >= 0.6 is 0 Å². The number of methoxy groups -OCH3 is 1. The maximum Gasteiger partial charge on any atom is 0.247 e. The van der Waals surface area contributed by atoms with E-state index in [4.69, 9.17) is 9.57 Å². The van der Waals surface area contributed by atoms with Gasteiger partial charge in [-0.2, -0.15) is 0 Å². The van der Waals surface area contributed by atoms with E-state index in [1.54, 1.807) is 24.3 Å². The molecule has 1 aliphatic carbocycles. The standard InChI is InChI=1S/C30H34FN7O3/c1-3-30(39)35-23-16-24(27(40-2)17-26(23)37-12-10-36(11-13-37)22-7-8-22)34-28-18-29(33-19-32-28)38-25(9-14-41-38)20-5-4-6-21(31)15-20/h3-6,15-19,22,25H,1,7-14H2,2H3,(H,35,39)(H,32,33,34). The molecule has 3 aromatic rings. The Kier molecular flexibility index (Phi) is 7.71. The monoisotopic (exact) mass is 559 g/mol. The van der Waals surface area contributed by atoms with E-state index in [-0.39, 0.29) is 17.8 Å². The summed E-state index contributed by atoms with van der Waals surface area (Å²) in [4.78, 5) is 31.9. The van der Waals surface area contributed by atoms with Crippen molar-refractivity contribution >= 4 is 34.6 Å². The van der Waals surface area contributed by atoms with Gasteiger partial charge in [-0.15, -0.1) is 0 Å². The van der Waals surface area contributed by atoms with Crippen LogP contribution in [-0.2, 0) is 9.63 Å². The van der Waals surface area contributed by atoms with Gasteiger partial charge in [0, 0.05) is 50.8 Å². The number of piperazine rings is 1. The van der Waals surface area contributed by atoms with Crippen LogP contribution in [0.3, 0.4) is 0 Å². The predicted molar refractivity (Wildman–Crippen MR) is 156 cm³/mol. The first-order valence-corrected chi connectivity index (χ1v) is 13.9. The van der Waals surface area contributed by atoms with E-state index >= 15 is 0 Å². The zero-order valence-corrected chi connectivity index (χ0v) is 23.1. The summed E-state index contributed by atoms with van der Waals surface area (Å²) in [5.41, 5.74) is 2.99. The summed E-state index contributed by atoms with van der Waals surface area (Å²) in [6.07, 6.45) is 5.98. The van der Waals surface area contributed by atoms with Crippen molar-refractivity contribution in [2.45, 2.75) is 31.3 Å². The summed E-state index contributed by atoms with van der Waals surface area (Å²) in [7, 11) is 1.62. The smallest absolute Gasteiger partial charge is 0.247 e. The third-order valence-electron chi connectivity index (χ3n) is 7.76. The minimum absolute atomic E-state index is 0.177. The molecule has 2 aliphatic heterocycles. The molecule has 3 heterocycles. The molecule has 41 heavy (non-hydrogen) atoms. The fraction of sp³-hybridized carbons (Fsp3) is 0.367. The summed E-state index contributed by atoms with van der Waals surface area (Å²) >= 11 is 0. The molecule has 3 aliphatic rings. The van der Waals surface area contributed by atoms with Crippen molar-refractivity contribution in [1.82, 2.24) is 14.9 Å². The number of anilines is 5. The van der Waals surface area contributed by atoms with Crippen molar-refractivity contribution in [3.05, 3.63) is 72.8 Å². The zero-order valence-electron chi connectivity index (χ0n) is 23.1. The Bertz CT molecular complexity index is 1420. The molecule has 11 heteroatoms. The van der Waals surface area contributed by atoms with Gasteiger partial charge < -0.3 is 20.3 Å². The molecule has 0 spiro atoms. The van der Waals surface area contributed by atoms with Crippen molar-refractivity contribution < 1.29 is 18.8 Å². The number of hydrogen-bond acceptors (Lipinski definition) is 9. The number of nitrogens with zero attached hydrogens (tertiary/aromatic N) is 5. The SMILES string of the molecule is C=CC(=O)Nc1cc(Nc2cc(N3OCCC3c3cccc(F)c3)ncn2)c(OC)cc1N1CCN(C2CC2)CC1. The number of benzene rings is 2. The van der Waals surface area contributed by atoms with E-state index in [1.807, 2.05) is 18.2 Å². The number of hydrogen-bond donors (Lipinski definition) is 2. The number of amides is 1. The molecule has 1 atom stereocenters. The maximum absolute atomic E-state index is 13.9. The second-order valence-corrected chi connectivity index (χ2v) is 10.4. The molecule has 2 saturated heterocycles. The van der Waals surface area contributed by atoms with Crippen LogP contribution in [0.25, 0.3) is 0 Å². The summed E-state index contributed by atoms with van der Waals surface area (Å²) in [6.45, 7) is 7.80. The van der Waals surface area contributed by atoms with Crippen molar-refractivity contribution in [2.24, 2.45) is 0 Å². The highest BCUT2D eigenvalue weighted by molar-refractivity contribution is 6.02. The highest BCUT2D eigenvalue weighted by Gasteiger charge is 2.32. The van der Waals surface area contributed by atoms with Gasteiger partial charge in [0.25, 0.3) is 0 Å². The molecule has 0 bridgehead atoms. The fourth-order valence-corrected chi connectivity index (χ4v) is 5.53. The van der Waals surface area contributed by atoms with Gasteiger partial charge in [0.05, 0.1) is 36.8 Å². The fourth-order valence-electron chi connectivity index (χ4n) is 5.53. The van der Waals surface area contributed by atoms with Crippen LogP contribution in [0.2, 0.25) is 0 Å². The quantitative estimate of drug-likeness (QED) is 0.363. The molecule has 2 aromatic carbocycles. The van der Waals surface area contributed by atoms with E-state index in [1.165, 1.54) is 37.4 Å². The Hall–Kier alpha value is -4.22. The van der Waals surface area contributed by atoms with Gasteiger partial charge in [0.2, 0.25) is 5.91 Å². The van der Waals surface area contributed by atoms with E-state index in [2.05, 4.69) is 37.0 Å². The lowest BCUT2D eigenvalue weighted by Crippen LogP contribution is -2.47. The molecule has 1 amide bonds. The van der Waals surface area contributed by atoms with Crippen LogP contribution in [-0.4, -0.2) is 66.7 Å². The lowest BCUT2D eigenvalue weighted by Gasteiger charge is -2.37.